The molecule has 0 aliphatic heterocycles. The van der Waals surface area contributed by atoms with E-state index in [1.165, 1.54) is 0 Å². The second-order valence-electron chi connectivity index (χ2n) is 4.65. The Hall–Kier alpha value is -1.97. The molecule has 0 aliphatic carbocycles. The van der Waals surface area contributed by atoms with Crippen LogP contribution in [-0.2, 0) is 6.61 Å². The fourth-order valence-corrected chi connectivity index (χ4v) is 1.88. The summed E-state index contributed by atoms with van der Waals surface area (Å²) in [5.74, 6) is 1.43. The Kier molecular flexibility index (Phi) is 3.55. The molecule has 0 fully saturated rings. The molecule has 0 amide bonds. The average Bonchev–Trinajstić information content (AvgIpc) is 2.70. The van der Waals surface area contributed by atoms with Gasteiger partial charge in [-0.1, -0.05) is 18.2 Å². The number of para-hydroxylation sites is 1. The first-order valence-electron chi connectivity index (χ1n) is 6.10. The molecule has 0 spiro atoms. The van der Waals surface area contributed by atoms with Crippen molar-refractivity contribution in [3.63, 3.8) is 0 Å². The molecule has 0 saturated carbocycles. The van der Waals surface area contributed by atoms with Gasteiger partial charge in [0, 0.05) is 12.1 Å². The van der Waals surface area contributed by atoms with E-state index in [1.54, 1.807) is 0 Å². The number of nitrogens with zero attached hydrogens (tertiary/aromatic N) is 2. The number of nitrogens with two attached hydrogens (primary N) is 1. The SMILES string of the molecule is Cc1ccccc1OCc1cc(N)nn1C(C)C. The van der Waals surface area contributed by atoms with E-state index in [9.17, 15) is 0 Å². The molecule has 4 heteroatoms. The summed E-state index contributed by atoms with van der Waals surface area (Å²) in [6.07, 6.45) is 0. The highest BCUT2D eigenvalue weighted by atomic mass is 16.5. The first-order chi connectivity index (χ1) is 8.58. The van der Waals surface area contributed by atoms with E-state index in [-0.39, 0.29) is 6.04 Å². The molecule has 0 unspecified atom stereocenters. The van der Waals surface area contributed by atoms with Gasteiger partial charge in [-0.2, -0.15) is 5.10 Å². The van der Waals surface area contributed by atoms with Crippen LogP contribution in [0.5, 0.6) is 5.75 Å². The van der Waals surface area contributed by atoms with Gasteiger partial charge in [-0.25, -0.2) is 0 Å². The van der Waals surface area contributed by atoms with Crippen LogP contribution in [0.3, 0.4) is 0 Å². The van der Waals surface area contributed by atoms with Crippen LogP contribution in [0.1, 0.15) is 31.1 Å². The van der Waals surface area contributed by atoms with E-state index in [2.05, 4.69) is 18.9 Å². The highest BCUT2D eigenvalue weighted by Crippen LogP contribution is 2.19. The molecule has 1 aromatic carbocycles. The smallest absolute Gasteiger partial charge is 0.145 e. The predicted molar refractivity (Wildman–Crippen MR) is 72.5 cm³/mol. The van der Waals surface area contributed by atoms with Crippen LogP contribution < -0.4 is 10.5 Å². The van der Waals surface area contributed by atoms with Crippen LogP contribution in [0.2, 0.25) is 0 Å². The quantitative estimate of drug-likeness (QED) is 0.901. The van der Waals surface area contributed by atoms with Crippen molar-refractivity contribution in [2.24, 2.45) is 0 Å². The van der Waals surface area contributed by atoms with Gasteiger partial charge in [0.25, 0.3) is 0 Å². The third-order valence-corrected chi connectivity index (χ3v) is 2.79. The monoisotopic (exact) mass is 245 g/mol. The van der Waals surface area contributed by atoms with Gasteiger partial charge < -0.3 is 10.5 Å². The molecule has 96 valence electrons. The maximum Gasteiger partial charge on any atom is 0.145 e. The fourth-order valence-electron chi connectivity index (χ4n) is 1.88. The van der Waals surface area contributed by atoms with Crippen molar-refractivity contribution in [1.82, 2.24) is 9.78 Å². The van der Waals surface area contributed by atoms with Crippen molar-refractivity contribution < 1.29 is 4.74 Å². The lowest BCUT2D eigenvalue weighted by molar-refractivity contribution is 0.286. The van der Waals surface area contributed by atoms with E-state index < -0.39 is 0 Å². The first kappa shape index (κ1) is 12.5. The zero-order chi connectivity index (χ0) is 13.1. The standard InChI is InChI=1S/C14H19N3O/c1-10(2)17-12(8-14(15)16-17)9-18-13-7-5-4-6-11(13)3/h4-8,10H,9H2,1-3H3,(H2,15,16). The van der Waals surface area contributed by atoms with Gasteiger partial charge >= 0.3 is 0 Å². The van der Waals surface area contributed by atoms with Crippen LogP contribution in [0.15, 0.2) is 30.3 Å². The van der Waals surface area contributed by atoms with Crippen molar-refractivity contribution in [3.05, 3.63) is 41.6 Å². The topological polar surface area (TPSA) is 53.1 Å². The van der Waals surface area contributed by atoms with E-state index in [0.717, 1.165) is 17.0 Å². The summed E-state index contributed by atoms with van der Waals surface area (Å²) < 4.78 is 7.71. The van der Waals surface area contributed by atoms with Crippen molar-refractivity contribution >= 4 is 5.82 Å². The van der Waals surface area contributed by atoms with Gasteiger partial charge in [-0.3, -0.25) is 4.68 Å². The number of aryl methyl sites for hydroxylation is 1. The maximum atomic E-state index is 5.81. The van der Waals surface area contributed by atoms with Gasteiger partial charge in [0.05, 0.1) is 5.69 Å². The minimum Gasteiger partial charge on any atom is -0.487 e. The third kappa shape index (κ3) is 2.64. The molecule has 2 aromatic rings. The predicted octanol–water partition coefficient (Wildman–Crippen LogP) is 2.93. The van der Waals surface area contributed by atoms with Crippen LogP contribution in [0, 0.1) is 6.92 Å². The summed E-state index contributed by atoms with van der Waals surface area (Å²) >= 11 is 0. The lowest BCUT2D eigenvalue weighted by Crippen LogP contribution is -2.10. The fraction of sp³-hybridized carbons (Fsp3) is 0.357. The molecule has 1 aromatic heterocycles. The number of ether oxygens (including phenoxy) is 1. The minimum atomic E-state index is 0.276. The molecule has 18 heavy (non-hydrogen) atoms. The molecular formula is C14H19N3O. The van der Waals surface area contributed by atoms with Crippen LogP contribution in [-0.4, -0.2) is 9.78 Å². The third-order valence-electron chi connectivity index (χ3n) is 2.79. The molecule has 0 bridgehead atoms. The molecule has 0 saturated heterocycles. The van der Waals surface area contributed by atoms with E-state index in [4.69, 9.17) is 10.5 Å². The Morgan fingerprint density at radius 3 is 2.72 bits per heavy atom. The van der Waals surface area contributed by atoms with Gasteiger partial charge in [0.15, 0.2) is 0 Å². The average molecular weight is 245 g/mol. The molecule has 4 nitrogen and oxygen atoms in total. The zero-order valence-electron chi connectivity index (χ0n) is 11.1. The summed E-state index contributed by atoms with van der Waals surface area (Å²) in [5, 5.41) is 4.26. The molecule has 1 heterocycles. The molecule has 0 atom stereocenters. The van der Waals surface area contributed by atoms with E-state index in [0.29, 0.717) is 12.4 Å². The van der Waals surface area contributed by atoms with Crippen molar-refractivity contribution in [2.45, 2.75) is 33.4 Å². The summed E-state index contributed by atoms with van der Waals surface area (Å²) in [6.45, 7) is 6.66. The summed E-state index contributed by atoms with van der Waals surface area (Å²) in [4.78, 5) is 0. The number of nitrogen functional groups attached to an aromatic ring is 1. The molecule has 2 rings (SSSR count). The number of benzene rings is 1. The number of rotatable bonds is 4. The Morgan fingerprint density at radius 2 is 2.06 bits per heavy atom. The molecule has 0 radical (unpaired) electrons. The van der Waals surface area contributed by atoms with Crippen LogP contribution in [0.4, 0.5) is 5.82 Å². The molecule has 2 N–H and O–H groups in total. The number of anilines is 1. The van der Waals surface area contributed by atoms with Gasteiger partial charge in [0.1, 0.15) is 18.2 Å². The van der Waals surface area contributed by atoms with Crippen molar-refractivity contribution in [1.29, 1.82) is 0 Å². The van der Waals surface area contributed by atoms with Gasteiger partial charge in [0.2, 0.25) is 0 Å². The lowest BCUT2D eigenvalue weighted by atomic mass is 10.2. The Bertz CT molecular complexity index is 532. The van der Waals surface area contributed by atoms with E-state index >= 15 is 0 Å². The van der Waals surface area contributed by atoms with Gasteiger partial charge in [-0.05, 0) is 32.4 Å². The number of hydrogen-bond donors (Lipinski definition) is 1. The van der Waals surface area contributed by atoms with Crippen LogP contribution in [0.25, 0.3) is 0 Å². The number of hydrogen-bond acceptors (Lipinski definition) is 3. The molecular weight excluding hydrogens is 226 g/mol. The second kappa shape index (κ2) is 5.12. The van der Waals surface area contributed by atoms with Crippen molar-refractivity contribution in [3.8, 4) is 5.75 Å². The zero-order valence-corrected chi connectivity index (χ0v) is 11.1. The Balaban J connectivity index is 2.13. The summed E-state index contributed by atoms with van der Waals surface area (Å²) in [5.41, 5.74) is 7.85. The highest BCUT2D eigenvalue weighted by molar-refractivity contribution is 5.33. The second-order valence-corrected chi connectivity index (χ2v) is 4.65. The summed E-state index contributed by atoms with van der Waals surface area (Å²) in [6, 6.07) is 10.1. The maximum absolute atomic E-state index is 5.81. The minimum absolute atomic E-state index is 0.276. The lowest BCUT2D eigenvalue weighted by Gasteiger charge is -2.12. The first-order valence-corrected chi connectivity index (χ1v) is 6.10. The largest absolute Gasteiger partial charge is 0.487 e. The number of aromatic nitrogens is 2. The van der Waals surface area contributed by atoms with E-state index in [1.807, 2.05) is 41.9 Å². The summed E-state index contributed by atoms with van der Waals surface area (Å²) in [7, 11) is 0. The molecule has 0 aliphatic rings. The Morgan fingerprint density at radius 1 is 1.33 bits per heavy atom. The highest BCUT2D eigenvalue weighted by Gasteiger charge is 2.10. The van der Waals surface area contributed by atoms with Gasteiger partial charge in [-0.15, -0.1) is 0 Å². The normalized spacial score (nSPS) is 10.9. The van der Waals surface area contributed by atoms with Crippen LogP contribution >= 0.6 is 0 Å². The Labute approximate surface area is 107 Å². The van der Waals surface area contributed by atoms with Crippen molar-refractivity contribution in [2.75, 3.05) is 5.73 Å².